The molecule has 0 aliphatic carbocycles. The lowest BCUT2D eigenvalue weighted by atomic mass is 10.3. The van der Waals surface area contributed by atoms with Gasteiger partial charge in [-0.15, -0.1) is 0 Å². The number of aryl methyl sites for hydroxylation is 1. The SMILES string of the molecule is Cn1cc([N+](=O)[O-])cc1C(=O)Nc1cc(Br)ccn1. The second-order valence-electron chi connectivity index (χ2n) is 3.76. The first-order valence-corrected chi connectivity index (χ1v) is 6.00. The number of hydrogen-bond donors (Lipinski definition) is 1. The predicted molar refractivity (Wildman–Crippen MR) is 72.0 cm³/mol. The van der Waals surface area contributed by atoms with E-state index in [1.165, 1.54) is 23.0 Å². The molecule has 0 radical (unpaired) electrons. The van der Waals surface area contributed by atoms with Gasteiger partial charge >= 0.3 is 0 Å². The molecule has 98 valence electrons. The average Bonchev–Trinajstić information content (AvgIpc) is 2.71. The standard InChI is InChI=1S/C11H9BrN4O3/c1-15-6-8(16(18)19)5-9(15)11(17)14-10-4-7(12)2-3-13-10/h2-6H,1H3,(H,13,14,17). The van der Waals surface area contributed by atoms with Gasteiger partial charge < -0.3 is 9.88 Å². The number of carbonyl (C=O) groups excluding carboxylic acids is 1. The van der Waals surface area contributed by atoms with E-state index in [0.29, 0.717) is 5.82 Å². The second-order valence-corrected chi connectivity index (χ2v) is 4.68. The number of hydrogen-bond acceptors (Lipinski definition) is 4. The molecule has 0 aromatic carbocycles. The molecule has 1 amide bonds. The Morgan fingerprint density at radius 3 is 2.84 bits per heavy atom. The Kier molecular flexibility index (Phi) is 3.61. The molecule has 2 aromatic heterocycles. The maximum Gasteiger partial charge on any atom is 0.287 e. The molecule has 0 saturated carbocycles. The lowest BCUT2D eigenvalue weighted by molar-refractivity contribution is -0.384. The molecule has 7 nitrogen and oxygen atoms in total. The van der Waals surface area contributed by atoms with Gasteiger partial charge in [0, 0.05) is 23.8 Å². The molecule has 2 heterocycles. The van der Waals surface area contributed by atoms with Crippen LogP contribution in [-0.2, 0) is 7.05 Å². The summed E-state index contributed by atoms with van der Waals surface area (Å²) < 4.78 is 2.17. The molecule has 8 heteroatoms. The summed E-state index contributed by atoms with van der Waals surface area (Å²) in [5.41, 5.74) is 0.0586. The Morgan fingerprint density at radius 1 is 1.53 bits per heavy atom. The first-order chi connectivity index (χ1) is 8.97. The normalized spacial score (nSPS) is 10.2. The number of halogens is 1. The topological polar surface area (TPSA) is 90.1 Å². The van der Waals surface area contributed by atoms with Crippen LogP contribution in [0.5, 0.6) is 0 Å². The Bertz CT molecular complexity index is 653. The Hall–Kier alpha value is -2.22. The zero-order valence-corrected chi connectivity index (χ0v) is 11.4. The van der Waals surface area contributed by atoms with E-state index < -0.39 is 10.8 Å². The Balaban J connectivity index is 2.23. The van der Waals surface area contributed by atoms with Gasteiger partial charge in [-0.2, -0.15) is 0 Å². The van der Waals surface area contributed by atoms with E-state index >= 15 is 0 Å². The average molecular weight is 325 g/mol. The van der Waals surface area contributed by atoms with E-state index in [0.717, 1.165) is 4.47 Å². The first kappa shape index (κ1) is 13.2. The van der Waals surface area contributed by atoms with E-state index in [1.807, 2.05) is 0 Å². The van der Waals surface area contributed by atoms with Crippen LogP contribution in [0.3, 0.4) is 0 Å². The number of nitrogens with zero attached hydrogens (tertiary/aromatic N) is 3. The predicted octanol–water partition coefficient (Wildman–Crippen LogP) is 2.34. The third-order valence-corrected chi connectivity index (χ3v) is 2.89. The van der Waals surface area contributed by atoms with Crippen LogP contribution >= 0.6 is 15.9 Å². The third kappa shape index (κ3) is 2.97. The fourth-order valence-electron chi connectivity index (χ4n) is 1.53. The van der Waals surface area contributed by atoms with E-state index in [2.05, 4.69) is 26.2 Å². The van der Waals surface area contributed by atoms with Gasteiger partial charge in [0.1, 0.15) is 11.5 Å². The Morgan fingerprint density at radius 2 is 2.26 bits per heavy atom. The molecule has 2 rings (SSSR count). The second kappa shape index (κ2) is 5.19. The minimum atomic E-state index is -0.547. The highest BCUT2D eigenvalue weighted by Crippen LogP contribution is 2.17. The quantitative estimate of drug-likeness (QED) is 0.693. The summed E-state index contributed by atoms with van der Waals surface area (Å²) in [5, 5.41) is 13.2. The van der Waals surface area contributed by atoms with Gasteiger partial charge in [-0.25, -0.2) is 4.98 Å². The third-order valence-electron chi connectivity index (χ3n) is 2.40. The van der Waals surface area contributed by atoms with Gasteiger partial charge in [0.05, 0.1) is 11.1 Å². The van der Waals surface area contributed by atoms with Crippen molar-refractivity contribution in [2.24, 2.45) is 7.05 Å². The largest absolute Gasteiger partial charge is 0.340 e. The maximum atomic E-state index is 12.0. The summed E-state index contributed by atoms with van der Waals surface area (Å²) in [5.74, 6) is -0.0931. The van der Waals surface area contributed by atoms with Crippen molar-refractivity contribution in [2.75, 3.05) is 5.32 Å². The van der Waals surface area contributed by atoms with Crippen molar-refractivity contribution in [3.63, 3.8) is 0 Å². The number of aromatic nitrogens is 2. The highest BCUT2D eigenvalue weighted by Gasteiger charge is 2.17. The molecule has 0 saturated heterocycles. The molecular formula is C11H9BrN4O3. The number of carbonyl (C=O) groups is 1. The van der Waals surface area contributed by atoms with Gasteiger partial charge in [0.2, 0.25) is 0 Å². The Labute approximate surface area is 116 Å². The first-order valence-electron chi connectivity index (χ1n) is 5.21. The lowest BCUT2D eigenvalue weighted by Crippen LogP contribution is -2.16. The minimum absolute atomic E-state index is 0.130. The van der Waals surface area contributed by atoms with Crippen molar-refractivity contribution in [1.82, 2.24) is 9.55 Å². The number of nitro groups is 1. The van der Waals surface area contributed by atoms with Crippen molar-refractivity contribution >= 4 is 33.3 Å². The fraction of sp³-hybridized carbons (Fsp3) is 0.0909. The van der Waals surface area contributed by atoms with Crippen LogP contribution < -0.4 is 5.32 Å². The van der Waals surface area contributed by atoms with Crippen LogP contribution in [0, 0.1) is 10.1 Å². The molecule has 0 bridgehead atoms. The molecule has 1 N–H and O–H groups in total. The minimum Gasteiger partial charge on any atom is -0.340 e. The van der Waals surface area contributed by atoms with Gasteiger partial charge in [-0.1, -0.05) is 15.9 Å². The zero-order valence-electron chi connectivity index (χ0n) is 9.83. The van der Waals surface area contributed by atoms with Crippen LogP contribution in [-0.4, -0.2) is 20.4 Å². The molecule has 0 unspecified atom stereocenters. The summed E-state index contributed by atoms with van der Waals surface area (Å²) in [6.45, 7) is 0. The molecule has 0 aliphatic rings. The number of amides is 1. The van der Waals surface area contributed by atoms with E-state index in [9.17, 15) is 14.9 Å². The molecule has 0 spiro atoms. The van der Waals surface area contributed by atoms with Gasteiger partial charge in [-0.3, -0.25) is 14.9 Å². The molecule has 19 heavy (non-hydrogen) atoms. The molecular weight excluding hydrogens is 316 g/mol. The summed E-state index contributed by atoms with van der Waals surface area (Å²) in [6, 6.07) is 4.57. The molecule has 2 aromatic rings. The van der Waals surface area contributed by atoms with Crippen LogP contribution in [0.25, 0.3) is 0 Å². The van der Waals surface area contributed by atoms with Crippen LogP contribution in [0.15, 0.2) is 35.1 Å². The summed E-state index contributed by atoms with van der Waals surface area (Å²) in [4.78, 5) is 26.0. The van der Waals surface area contributed by atoms with Crippen molar-refractivity contribution in [1.29, 1.82) is 0 Å². The van der Waals surface area contributed by atoms with Crippen LogP contribution in [0.2, 0.25) is 0 Å². The van der Waals surface area contributed by atoms with E-state index in [1.54, 1.807) is 19.2 Å². The van der Waals surface area contributed by atoms with Crippen molar-refractivity contribution in [3.8, 4) is 0 Å². The number of rotatable bonds is 3. The summed E-state index contributed by atoms with van der Waals surface area (Å²) in [6.07, 6.45) is 2.82. The van der Waals surface area contributed by atoms with Gasteiger partial charge in [0.15, 0.2) is 0 Å². The number of anilines is 1. The van der Waals surface area contributed by atoms with Crippen molar-refractivity contribution in [3.05, 3.63) is 50.9 Å². The van der Waals surface area contributed by atoms with Crippen LogP contribution in [0.1, 0.15) is 10.5 Å². The van der Waals surface area contributed by atoms with Crippen LogP contribution in [0.4, 0.5) is 11.5 Å². The lowest BCUT2D eigenvalue weighted by Gasteiger charge is -2.04. The maximum absolute atomic E-state index is 12.0. The fourth-order valence-corrected chi connectivity index (χ4v) is 1.86. The van der Waals surface area contributed by atoms with Gasteiger partial charge in [-0.05, 0) is 12.1 Å². The molecule has 0 atom stereocenters. The monoisotopic (exact) mass is 324 g/mol. The summed E-state index contributed by atoms with van der Waals surface area (Å²) >= 11 is 3.26. The highest BCUT2D eigenvalue weighted by atomic mass is 79.9. The highest BCUT2D eigenvalue weighted by molar-refractivity contribution is 9.10. The number of pyridine rings is 1. The summed E-state index contributed by atoms with van der Waals surface area (Å²) in [7, 11) is 1.57. The van der Waals surface area contributed by atoms with E-state index in [-0.39, 0.29) is 11.4 Å². The van der Waals surface area contributed by atoms with Crippen molar-refractivity contribution in [2.45, 2.75) is 0 Å². The van der Waals surface area contributed by atoms with Crippen molar-refractivity contribution < 1.29 is 9.72 Å². The molecule has 0 aliphatic heterocycles. The van der Waals surface area contributed by atoms with Gasteiger partial charge in [0.25, 0.3) is 11.6 Å². The number of nitrogens with one attached hydrogen (secondary N) is 1. The van der Waals surface area contributed by atoms with E-state index in [4.69, 9.17) is 0 Å². The smallest absolute Gasteiger partial charge is 0.287 e. The zero-order chi connectivity index (χ0) is 14.0. The molecule has 0 fully saturated rings.